The van der Waals surface area contributed by atoms with Crippen molar-refractivity contribution in [2.75, 3.05) is 0 Å². The number of carbonyl (C=O) groups excluding carboxylic acids is 1. The molecule has 1 aliphatic rings. The van der Waals surface area contributed by atoms with E-state index in [1.54, 1.807) is 0 Å². The zero-order valence-corrected chi connectivity index (χ0v) is 8.23. The number of hydrogen-bond donors (Lipinski definition) is 0. The van der Waals surface area contributed by atoms with Crippen molar-refractivity contribution >= 4 is 24.0 Å². The van der Waals surface area contributed by atoms with E-state index in [1.165, 1.54) is 0 Å². The maximum absolute atomic E-state index is 12.1. The molecule has 0 aromatic heterocycles. The highest BCUT2D eigenvalue weighted by molar-refractivity contribution is 6.72. The van der Waals surface area contributed by atoms with Gasteiger partial charge in [-0.05, 0) is 0 Å². The molecule has 2 heteroatoms. The first kappa shape index (κ1) is 8.48. The van der Waals surface area contributed by atoms with Crippen LogP contribution < -0.4 is 10.9 Å². The van der Waals surface area contributed by atoms with Crippen LogP contribution in [0.3, 0.4) is 0 Å². The van der Waals surface area contributed by atoms with Gasteiger partial charge in [-0.15, -0.1) is 0 Å². The molecule has 0 spiro atoms. The van der Waals surface area contributed by atoms with Crippen LogP contribution in [0.2, 0.25) is 0 Å². The molecule has 1 nitrogen and oxygen atoms in total. The Bertz CT molecular complexity index is 498. The average molecular weight is 192 g/mol. The summed E-state index contributed by atoms with van der Waals surface area (Å²) in [4.78, 5) is 12.1. The number of carbonyl (C=O) groups is 1. The van der Waals surface area contributed by atoms with Gasteiger partial charge in [0, 0.05) is 11.1 Å². The minimum absolute atomic E-state index is 0.160. The highest BCUT2D eigenvalue weighted by Gasteiger charge is 2.22. The van der Waals surface area contributed by atoms with Crippen molar-refractivity contribution in [3.05, 3.63) is 59.7 Å². The van der Waals surface area contributed by atoms with E-state index in [0.717, 1.165) is 29.3 Å². The van der Waals surface area contributed by atoms with Crippen LogP contribution in [0, 0.1) is 0 Å². The molecule has 0 saturated carbocycles. The van der Waals surface area contributed by atoms with E-state index >= 15 is 0 Å². The van der Waals surface area contributed by atoms with Crippen LogP contribution in [0.4, 0.5) is 0 Å². The summed E-state index contributed by atoms with van der Waals surface area (Å²) in [6, 6.07) is 15.7. The summed E-state index contributed by atoms with van der Waals surface area (Å²) in [5, 5.41) is 0. The van der Waals surface area contributed by atoms with Crippen LogP contribution in [0.5, 0.6) is 0 Å². The Labute approximate surface area is 89.0 Å². The third-order valence-corrected chi connectivity index (χ3v) is 2.90. The maximum atomic E-state index is 12.1. The molecular formula is C13H9BO. The van der Waals surface area contributed by atoms with Crippen LogP contribution in [-0.4, -0.2) is 13.1 Å². The first-order valence-corrected chi connectivity index (χ1v) is 5.07. The monoisotopic (exact) mass is 192 g/mol. The molecule has 0 N–H and O–H groups in total. The number of fused-ring (bicyclic) bond motifs is 2. The normalized spacial score (nSPS) is 12.7. The third-order valence-electron chi connectivity index (χ3n) is 2.90. The van der Waals surface area contributed by atoms with Crippen LogP contribution in [0.25, 0.3) is 0 Å². The second-order valence-corrected chi connectivity index (χ2v) is 3.82. The van der Waals surface area contributed by atoms with E-state index < -0.39 is 0 Å². The molecule has 70 valence electrons. The van der Waals surface area contributed by atoms with Gasteiger partial charge in [-0.1, -0.05) is 59.5 Å². The highest BCUT2D eigenvalue weighted by Crippen LogP contribution is 2.09. The smallest absolute Gasteiger partial charge is 0.194 e. The van der Waals surface area contributed by atoms with Crippen LogP contribution in [-0.2, 0) is 0 Å². The molecule has 2 aromatic rings. The number of benzene rings is 2. The first-order chi connectivity index (χ1) is 7.36. The van der Waals surface area contributed by atoms with Gasteiger partial charge in [-0.2, -0.15) is 0 Å². The molecule has 15 heavy (non-hydrogen) atoms. The maximum Gasteiger partial charge on any atom is 0.194 e. The molecule has 1 heterocycles. The Balaban J connectivity index is 2.24. The van der Waals surface area contributed by atoms with Gasteiger partial charge in [0.25, 0.3) is 0 Å². The van der Waals surface area contributed by atoms with Crippen LogP contribution >= 0.6 is 0 Å². The quantitative estimate of drug-likeness (QED) is 0.477. The minimum Gasteiger partial charge on any atom is -0.289 e. The van der Waals surface area contributed by atoms with E-state index in [0.29, 0.717) is 0 Å². The van der Waals surface area contributed by atoms with E-state index in [9.17, 15) is 4.79 Å². The number of ketones is 1. The van der Waals surface area contributed by atoms with Crippen LogP contribution in [0.15, 0.2) is 48.5 Å². The summed E-state index contributed by atoms with van der Waals surface area (Å²) < 4.78 is 0. The second kappa shape index (κ2) is 3.09. The van der Waals surface area contributed by atoms with Crippen LogP contribution in [0.1, 0.15) is 15.9 Å². The van der Waals surface area contributed by atoms with Crippen molar-refractivity contribution in [2.24, 2.45) is 0 Å². The molecule has 0 aliphatic carbocycles. The molecule has 0 bridgehead atoms. The van der Waals surface area contributed by atoms with Crippen molar-refractivity contribution in [1.29, 1.82) is 0 Å². The standard InChI is InChI=1S/C13H9BO/c15-13-9-5-1-3-7-11(9)14-12-8-4-2-6-10(12)13/h1-8,14H. The SMILES string of the molecule is O=C1c2ccccc2Bc2ccccc21. The Hall–Kier alpha value is -1.83. The molecule has 0 radical (unpaired) electrons. The average Bonchev–Trinajstić information content (AvgIpc) is 2.30. The predicted octanol–water partition coefficient (Wildman–Crippen LogP) is 0.618. The molecular weight excluding hydrogens is 183 g/mol. The molecule has 1 aliphatic heterocycles. The molecule has 0 unspecified atom stereocenters. The summed E-state index contributed by atoms with van der Waals surface area (Å²) in [6.45, 7) is 0. The summed E-state index contributed by atoms with van der Waals surface area (Å²) >= 11 is 0. The highest BCUT2D eigenvalue weighted by atomic mass is 16.1. The summed E-state index contributed by atoms with van der Waals surface area (Å²) in [6.07, 6.45) is 0. The van der Waals surface area contributed by atoms with Gasteiger partial charge in [0.15, 0.2) is 13.1 Å². The lowest BCUT2D eigenvalue weighted by Crippen LogP contribution is -2.40. The van der Waals surface area contributed by atoms with E-state index in [-0.39, 0.29) is 5.78 Å². The fraction of sp³-hybridized carbons (Fsp3) is 0. The zero-order valence-electron chi connectivity index (χ0n) is 8.23. The van der Waals surface area contributed by atoms with Gasteiger partial charge in [0.2, 0.25) is 0 Å². The number of hydrogen-bond acceptors (Lipinski definition) is 1. The van der Waals surface area contributed by atoms with Gasteiger partial charge in [0.1, 0.15) is 0 Å². The number of rotatable bonds is 0. The first-order valence-electron chi connectivity index (χ1n) is 5.07. The third kappa shape index (κ3) is 1.22. The molecule has 0 amide bonds. The van der Waals surface area contributed by atoms with E-state index in [2.05, 4.69) is 0 Å². The Morgan fingerprint density at radius 3 is 1.73 bits per heavy atom. The molecule has 0 atom stereocenters. The summed E-state index contributed by atoms with van der Waals surface area (Å²) in [5.74, 6) is 0.160. The van der Waals surface area contributed by atoms with Gasteiger partial charge < -0.3 is 0 Å². The molecule has 0 saturated heterocycles. The Kier molecular flexibility index (Phi) is 1.75. The minimum atomic E-state index is 0.160. The van der Waals surface area contributed by atoms with Crippen molar-refractivity contribution in [1.82, 2.24) is 0 Å². The fourth-order valence-corrected chi connectivity index (χ4v) is 2.14. The Morgan fingerprint density at radius 2 is 1.20 bits per heavy atom. The fourth-order valence-electron chi connectivity index (χ4n) is 2.14. The van der Waals surface area contributed by atoms with Gasteiger partial charge in [-0.3, -0.25) is 4.79 Å². The topological polar surface area (TPSA) is 17.1 Å². The van der Waals surface area contributed by atoms with Crippen molar-refractivity contribution in [3.8, 4) is 0 Å². The molecule has 3 rings (SSSR count). The van der Waals surface area contributed by atoms with Crippen molar-refractivity contribution in [2.45, 2.75) is 0 Å². The predicted molar refractivity (Wildman–Crippen MR) is 62.7 cm³/mol. The molecule has 2 aromatic carbocycles. The van der Waals surface area contributed by atoms with Crippen molar-refractivity contribution in [3.63, 3.8) is 0 Å². The Morgan fingerprint density at radius 1 is 0.733 bits per heavy atom. The molecule has 0 fully saturated rings. The lowest BCUT2D eigenvalue weighted by Gasteiger charge is -2.16. The summed E-state index contributed by atoms with van der Waals surface area (Å²) in [5.41, 5.74) is 4.00. The van der Waals surface area contributed by atoms with E-state index in [4.69, 9.17) is 0 Å². The lowest BCUT2D eigenvalue weighted by atomic mass is 9.56. The van der Waals surface area contributed by atoms with Gasteiger partial charge in [0.05, 0.1) is 0 Å². The second-order valence-electron chi connectivity index (χ2n) is 3.82. The van der Waals surface area contributed by atoms with Gasteiger partial charge in [-0.25, -0.2) is 0 Å². The summed E-state index contributed by atoms with van der Waals surface area (Å²) in [7, 11) is 0.873. The zero-order chi connectivity index (χ0) is 10.3. The van der Waals surface area contributed by atoms with Gasteiger partial charge >= 0.3 is 0 Å². The lowest BCUT2D eigenvalue weighted by molar-refractivity contribution is 0.104. The van der Waals surface area contributed by atoms with E-state index in [1.807, 2.05) is 48.5 Å². The largest absolute Gasteiger partial charge is 0.289 e. The van der Waals surface area contributed by atoms with Crippen molar-refractivity contribution < 1.29 is 4.79 Å².